The maximum Gasteiger partial charge on any atom is 0.309 e. The molecule has 2 aromatic rings. The minimum absolute atomic E-state index is 0.210. The third kappa shape index (κ3) is 5.95. The number of halogens is 1. The van der Waals surface area contributed by atoms with E-state index < -0.39 is 10.0 Å². The van der Waals surface area contributed by atoms with Gasteiger partial charge in [0, 0.05) is 24.5 Å². The van der Waals surface area contributed by atoms with Crippen LogP contribution in [0.15, 0.2) is 59.5 Å². The number of rotatable bonds is 8. The molecule has 0 atom stereocenters. The van der Waals surface area contributed by atoms with Crippen molar-refractivity contribution in [1.29, 1.82) is 0 Å². The molecule has 6 nitrogen and oxygen atoms in total. The number of carbonyl (C=O) groups is 1. The van der Waals surface area contributed by atoms with Gasteiger partial charge in [0.2, 0.25) is 10.0 Å². The van der Waals surface area contributed by atoms with Crippen molar-refractivity contribution in [2.45, 2.75) is 24.2 Å². The van der Waals surface area contributed by atoms with Gasteiger partial charge in [-0.05, 0) is 49.2 Å². The van der Waals surface area contributed by atoms with Crippen LogP contribution in [-0.4, -0.2) is 45.0 Å². The van der Waals surface area contributed by atoms with Gasteiger partial charge in [-0.2, -0.15) is 4.31 Å². The van der Waals surface area contributed by atoms with E-state index in [1.807, 2.05) is 30.3 Å². The van der Waals surface area contributed by atoms with Crippen LogP contribution in [0.4, 0.5) is 0 Å². The second kappa shape index (κ2) is 10.1. The van der Waals surface area contributed by atoms with Crippen molar-refractivity contribution in [3.8, 4) is 5.75 Å². The van der Waals surface area contributed by atoms with E-state index >= 15 is 0 Å². The van der Waals surface area contributed by atoms with Crippen molar-refractivity contribution in [3.63, 3.8) is 0 Å². The third-order valence-electron chi connectivity index (χ3n) is 4.78. The molecule has 0 unspecified atom stereocenters. The summed E-state index contributed by atoms with van der Waals surface area (Å²) in [6.07, 6.45) is 1.50. The number of hydrogen-bond donors (Lipinski definition) is 0. The molecule has 3 rings (SSSR count). The lowest BCUT2D eigenvalue weighted by atomic mass is 9.98. The van der Waals surface area contributed by atoms with E-state index in [2.05, 4.69) is 0 Å². The van der Waals surface area contributed by atoms with Gasteiger partial charge in [0.05, 0.1) is 24.0 Å². The molecule has 1 fully saturated rings. The van der Waals surface area contributed by atoms with Gasteiger partial charge in [0.1, 0.15) is 5.75 Å². The summed E-state index contributed by atoms with van der Waals surface area (Å²) in [5, 5.41) is 0.486. The number of piperidine rings is 1. The van der Waals surface area contributed by atoms with E-state index in [4.69, 9.17) is 21.1 Å². The first-order chi connectivity index (χ1) is 14.0. The summed E-state index contributed by atoms with van der Waals surface area (Å²) in [6.45, 7) is 1.34. The quantitative estimate of drug-likeness (QED) is 0.464. The van der Waals surface area contributed by atoms with Crippen LogP contribution in [-0.2, 0) is 19.6 Å². The molecule has 1 aliphatic rings. The van der Waals surface area contributed by atoms with Gasteiger partial charge < -0.3 is 9.47 Å². The van der Waals surface area contributed by atoms with Crippen molar-refractivity contribution >= 4 is 27.6 Å². The zero-order chi connectivity index (χ0) is 20.7. The molecule has 1 saturated heterocycles. The van der Waals surface area contributed by atoms with Crippen LogP contribution in [0, 0.1) is 5.92 Å². The van der Waals surface area contributed by atoms with E-state index in [1.165, 1.54) is 16.4 Å². The van der Waals surface area contributed by atoms with Gasteiger partial charge in [0.25, 0.3) is 0 Å². The molecule has 0 aromatic heterocycles. The highest BCUT2D eigenvalue weighted by Crippen LogP contribution is 2.25. The monoisotopic (exact) mass is 437 g/mol. The van der Waals surface area contributed by atoms with Gasteiger partial charge in [-0.15, -0.1) is 0 Å². The Labute approximate surface area is 176 Å². The summed E-state index contributed by atoms with van der Waals surface area (Å²) < 4.78 is 37.7. The lowest BCUT2D eigenvalue weighted by Gasteiger charge is -2.30. The Balaban J connectivity index is 1.39. The molecule has 29 heavy (non-hydrogen) atoms. The number of benzene rings is 2. The number of para-hydroxylation sites is 1. The second-order valence-electron chi connectivity index (χ2n) is 6.81. The fourth-order valence-corrected chi connectivity index (χ4v) is 4.74. The van der Waals surface area contributed by atoms with E-state index in [9.17, 15) is 13.2 Å². The number of nitrogens with zero attached hydrogens (tertiary/aromatic N) is 1. The second-order valence-corrected chi connectivity index (χ2v) is 9.19. The van der Waals surface area contributed by atoms with Gasteiger partial charge in [-0.1, -0.05) is 29.8 Å². The Hall–Kier alpha value is -2.09. The van der Waals surface area contributed by atoms with Crippen molar-refractivity contribution < 1.29 is 22.7 Å². The topological polar surface area (TPSA) is 72.9 Å². The molecule has 0 aliphatic carbocycles. The first-order valence-corrected chi connectivity index (χ1v) is 11.4. The summed E-state index contributed by atoms with van der Waals surface area (Å²) >= 11 is 5.83. The fraction of sp³-hybridized carbons (Fsp3) is 0.381. The molecule has 1 heterocycles. The molecule has 156 valence electrons. The standard InChI is InChI=1S/C21H24ClNO5S/c22-18-7-9-20(10-8-18)29(25,26)23-13-11-17(12-14-23)21(24)28-16-4-15-27-19-5-2-1-3-6-19/h1-3,5-10,17H,4,11-16H2. The number of sulfonamides is 1. The zero-order valence-corrected chi connectivity index (χ0v) is 17.6. The van der Waals surface area contributed by atoms with Crippen molar-refractivity contribution in [2.24, 2.45) is 5.92 Å². The van der Waals surface area contributed by atoms with Crippen LogP contribution in [0.25, 0.3) is 0 Å². The van der Waals surface area contributed by atoms with Gasteiger partial charge in [-0.3, -0.25) is 4.79 Å². The van der Waals surface area contributed by atoms with Crippen LogP contribution in [0.5, 0.6) is 5.75 Å². The third-order valence-corrected chi connectivity index (χ3v) is 6.95. The largest absolute Gasteiger partial charge is 0.493 e. The van der Waals surface area contributed by atoms with Crippen molar-refractivity contribution in [1.82, 2.24) is 4.31 Å². The van der Waals surface area contributed by atoms with Gasteiger partial charge >= 0.3 is 5.97 Å². The van der Waals surface area contributed by atoms with Gasteiger partial charge in [-0.25, -0.2) is 8.42 Å². The lowest BCUT2D eigenvalue weighted by Crippen LogP contribution is -2.40. The highest BCUT2D eigenvalue weighted by molar-refractivity contribution is 7.89. The van der Waals surface area contributed by atoms with E-state index in [0.29, 0.717) is 44.0 Å². The van der Waals surface area contributed by atoms with Crippen molar-refractivity contribution in [2.75, 3.05) is 26.3 Å². The Kier molecular flexibility index (Phi) is 7.52. The molecule has 0 bridgehead atoms. The Morgan fingerprint density at radius 2 is 1.66 bits per heavy atom. The predicted octanol–water partition coefficient (Wildman–Crippen LogP) is 3.75. The summed E-state index contributed by atoms with van der Waals surface area (Å²) in [5.74, 6) is 0.239. The molecule has 0 radical (unpaired) electrons. The number of esters is 1. The van der Waals surface area contributed by atoms with Crippen LogP contribution >= 0.6 is 11.6 Å². The minimum Gasteiger partial charge on any atom is -0.493 e. The van der Waals surface area contributed by atoms with Crippen LogP contribution in [0.2, 0.25) is 5.02 Å². The van der Waals surface area contributed by atoms with Crippen LogP contribution < -0.4 is 4.74 Å². The Morgan fingerprint density at radius 1 is 1.00 bits per heavy atom. The zero-order valence-electron chi connectivity index (χ0n) is 16.0. The summed E-state index contributed by atoms with van der Waals surface area (Å²) in [7, 11) is -3.57. The van der Waals surface area contributed by atoms with Crippen LogP contribution in [0.1, 0.15) is 19.3 Å². The minimum atomic E-state index is -3.57. The highest BCUT2D eigenvalue weighted by atomic mass is 35.5. The average Bonchev–Trinajstić information content (AvgIpc) is 2.74. The Bertz CT molecular complexity index is 894. The Morgan fingerprint density at radius 3 is 2.31 bits per heavy atom. The predicted molar refractivity (Wildman–Crippen MR) is 110 cm³/mol. The van der Waals surface area contributed by atoms with Crippen molar-refractivity contribution in [3.05, 3.63) is 59.6 Å². The summed E-state index contributed by atoms with van der Waals surface area (Å²) in [4.78, 5) is 12.5. The smallest absolute Gasteiger partial charge is 0.309 e. The van der Waals surface area contributed by atoms with E-state index in [0.717, 1.165) is 5.75 Å². The van der Waals surface area contributed by atoms with E-state index in [1.54, 1.807) is 12.1 Å². The fourth-order valence-electron chi connectivity index (χ4n) is 3.14. The molecule has 0 amide bonds. The molecule has 0 N–H and O–H groups in total. The summed E-state index contributed by atoms with van der Waals surface area (Å²) in [6, 6.07) is 15.6. The summed E-state index contributed by atoms with van der Waals surface area (Å²) in [5.41, 5.74) is 0. The first-order valence-electron chi connectivity index (χ1n) is 9.57. The normalized spacial score (nSPS) is 15.8. The number of ether oxygens (including phenoxy) is 2. The molecular weight excluding hydrogens is 414 g/mol. The average molecular weight is 438 g/mol. The number of hydrogen-bond acceptors (Lipinski definition) is 5. The van der Waals surface area contributed by atoms with E-state index in [-0.39, 0.29) is 23.4 Å². The maximum absolute atomic E-state index is 12.7. The molecule has 1 aliphatic heterocycles. The SMILES string of the molecule is O=C(OCCCOc1ccccc1)C1CCN(S(=O)(=O)c2ccc(Cl)cc2)CC1. The molecule has 8 heteroatoms. The maximum atomic E-state index is 12.7. The first kappa shape index (κ1) is 21.6. The lowest BCUT2D eigenvalue weighted by molar-refractivity contribution is -0.150. The van der Waals surface area contributed by atoms with Crippen LogP contribution in [0.3, 0.4) is 0 Å². The van der Waals surface area contributed by atoms with Gasteiger partial charge in [0.15, 0.2) is 0 Å². The molecule has 0 saturated carbocycles. The number of carbonyl (C=O) groups excluding carboxylic acids is 1. The highest BCUT2D eigenvalue weighted by Gasteiger charge is 2.32. The molecular formula is C21H24ClNO5S. The molecule has 2 aromatic carbocycles. The molecule has 0 spiro atoms.